The summed E-state index contributed by atoms with van der Waals surface area (Å²) in [5.74, 6) is 0.450. The molecule has 1 atom stereocenters. The first-order valence-corrected chi connectivity index (χ1v) is 6.99. The van der Waals surface area contributed by atoms with Crippen molar-refractivity contribution in [2.45, 2.75) is 18.6 Å². The summed E-state index contributed by atoms with van der Waals surface area (Å²) in [6.45, 7) is 1.91. The highest BCUT2D eigenvalue weighted by molar-refractivity contribution is 5.77. The number of carbonyl (C=O) groups excluding carboxylic acids is 1. The molecule has 1 aromatic rings. The Kier molecular flexibility index (Phi) is 5.55. The van der Waals surface area contributed by atoms with Crippen LogP contribution in [0.5, 0.6) is 5.75 Å². The molecule has 0 saturated carbocycles. The number of rotatable bonds is 7. The lowest BCUT2D eigenvalue weighted by Gasteiger charge is -2.25. The van der Waals surface area contributed by atoms with Crippen LogP contribution in [0, 0.1) is 0 Å². The Bertz CT molecular complexity index is 472. The molecule has 0 aromatic heterocycles. The predicted molar refractivity (Wildman–Crippen MR) is 78.0 cm³/mol. The van der Waals surface area contributed by atoms with Crippen molar-refractivity contribution < 1.29 is 19.0 Å². The van der Waals surface area contributed by atoms with E-state index in [9.17, 15) is 4.79 Å². The number of carbonyl (C=O) groups is 1. The molecule has 1 aliphatic rings. The van der Waals surface area contributed by atoms with Gasteiger partial charge in [0.25, 0.3) is 5.91 Å². The third kappa shape index (κ3) is 4.17. The van der Waals surface area contributed by atoms with Crippen molar-refractivity contribution in [2.75, 3.05) is 33.5 Å². The van der Waals surface area contributed by atoms with Gasteiger partial charge in [-0.15, -0.1) is 0 Å². The maximum absolute atomic E-state index is 11.9. The van der Waals surface area contributed by atoms with E-state index in [2.05, 4.69) is 5.32 Å². The van der Waals surface area contributed by atoms with Crippen LogP contribution in [0.4, 0.5) is 0 Å². The number of hydrogen-bond donors (Lipinski definition) is 2. The summed E-state index contributed by atoms with van der Waals surface area (Å²) < 4.78 is 16.3. The van der Waals surface area contributed by atoms with Crippen molar-refractivity contribution in [1.82, 2.24) is 5.32 Å². The summed E-state index contributed by atoms with van der Waals surface area (Å²) in [4.78, 5) is 11.9. The molecule has 0 radical (unpaired) electrons. The van der Waals surface area contributed by atoms with E-state index in [1.165, 1.54) is 0 Å². The third-order valence-electron chi connectivity index (χ3n) is 3.66. The van der Waals surface area contributed by atoms with Crippen LogP contribution in [0.1, 0.15) is 12.0 Å². The minimum absolute atomic E-state index is 0.0440. The molecule has 1 fully saturated rings. The lowest BCUT2D eigenvalue weighted by Crippen LogP contribution is -2.46. The molecule has 1 saturated heterocycles. The van der Waals surface area contributed by atoms with Crippen LogP contribution in [0.3, 0.4) is 0 Å². The van der Waals surface area contributed by atoms with E-state index in [1.54, 1.807) is 13.2 Å². The zero-order chi connectivity index (χ0) is 15.1. The Morgan fingerprint density at radius 2 is 2.29 bits per heavy atom. The molecular formula is C15H22N2O4. The average Bonchev–Trinajstić information content (AvgIpc) is 3.00. The standard InChI is InChI=1S/C15H22N2O4/c1-19-15(6-7-20-11-15)10-17-14(18)9-21-13-5-3-2-4-12(13)8-16/h2-5H,6-11,16H2,1H3,(H,17,18). The van der Waals surface area contributed by atoms with Gasteiger partial charge >= 0.3 is 0 Å². The van der Waals surface area contributed by atoms with Gasteiger partial charge in [-0.2, -0.15) is 0 Å². The Morgan fingerprint density at radius 3 is 2.95 bits per heavy atom. The molecule has 0 aliphatic carbocycles. The van der Waals surface area contributed by atoms with Gasteiger partial charge in [0.05, 0.1) is 6.61 Å². The molecule has 3 N–H and O–H groups in total. The van der Waals surface area contributed by atoms with Gasteiger partial charge in [-0.3, -0.25) is 4.79 Å². The number of amides is 1. The van der Waals surface area contributed by atoms with Crippen molar-refractivity contribution in [3.05, 3.63) is 29.8 Å². The highest BCUT2D eigenvalue weighted by Crippen LogP contribution is 2.21. The third-order valence-corrected chi connectivity index (χ3v) is 3.66. The van der Waals surface area contributed by atoms with Crippen molar-refractivity contribution in [3.8, 4) is 5.75 Å². The summed E-state index contributed by atoms with van der Waals surface area (Å²) in [5.41, 5.74) is 6.09. The van der Waals surface area contributed by atoms with E-state index in [4.69, 9.17) is 19.9 Å². The van der Waals surface area contributed by atoms with Crippen molar-refractivity contribution in [2.24, 2.45) is 5.73 Å². The van der Waals surface area contributed by atoms with Gasteiger partial charge in [-0.05, 0) is 6.07 Å². The van der Waals surface area contributed by atoms with E-state index >= 15 is 0 Å². The highest BCUT2D eigenvalue weighted by Gasteiger charge is 2.35. The van der Waals surface area contributed by atoms with Crippen LogP contribution < -0.4 is 15.8 Å². The Balaban J connectivity index is 1.79. The van der Waals surface area contributed by atoms with Crippen molar-refractivity contribution in [3.63, 3.8) is 0 Å². The number of para-hydroxylation sites is 1. The largest absolute Gasteiger partial charge is 0.483 e. The minimum Gasteiger partial charge on any atom is -0.483 e. The van der Waals surface area contributed by atoms with Crippen LogP contribution in [0.2, 0.25) is 0 Å². The molecule has 1 heterocycles. The maximum atomic E-state index is 11.9. The quantitative estimate of drug-likeness (QED) is 0.763. The van der Waals surface area contributed by atoms with E-state index in [1.807, 2.05) is 18.2 Å². The lowest BCUT2D eigenvalue weighted by molar-refractivity contribution is -0.124. The van der Waals surface area contributed by atoms with Gasteiger partial charge in [0.2, 0.25) is 0 Å². The molecule has 1 aliphatic heterocycles. The lowest BCUT2D eigenvalue weighted by atomic mass is 10.0. The normalized spacial score (nSPS) is 21.2. The van der Waals surface area contributed by atoms with E-state index in [-0.39, 0.29) is 12.5 Å². The van der Waals surface area contributed by atoms with Gasteiger partial charge in [-0.1, -0.05) is 18.2 Å². The fourth-order valence-corrected chi connectivity index (χ4v) is 2.23. The molecule has 6 heteroatoms. The zero-order valence-electron chi connectivity index (χ0n) is 12.3. The van der Waals surface area contributed by atoms with Crippen LogP contribution in [-0.2, 0) is 20.8 Å². The number of nitrogens with two attached hydrogens (primary N) is 1. The summed E-state index contributed by atoms with van der Waals surface area (Å²) in [6.07, 6.45) is 0.778. The molecule has 0 bridgehead atoms. The molecule has 1 unspecified atom stereocenters. The number of ether oxygens (including phenoxy) is 3. The fraction of sp³-hybridized carbons (Fsp3) is 0.533. The van der Waals surface area contributed by atoms with Gasteiger partial charge in [-0.25, -0.2) is 0 Å². The molecule has 6 nitrogen and oxygen atoms in total. The number of benzene rings is 1. The predicted octanol–water partition coefficient (Wildman–Crippen LogP) is 0.446. The Labute approximate surface area is 124 Å². The first-order chi connectivity index (χ1) is 10.2. The van der Waals surface area contributed by atoms with Crippen LogP contribution >= 0.6 is 0 Å². The minimum atomic E-state index is -0.412. The first-order valence-electron chi connectivity index (χ1n) is 6.99. The van der Waals surface area contributed by atoms with Gasteiger partial charge in [0.15, 0.2) is 6.61 Å². The summed E-state index contributed by atoms with van der Waals surface area (Å²) >= 11 is 0. The van der Waals surface area contributed by atoms with Crippen LogP contribution in [0.25, 0.3) is 0 Å². The molecule has 21 heavy (non-hydrogen) atoms. The van der Waals surface area contributed by atoms with Crippen LogP contribution in [0.15, 0.2) is 24.3 Å². The molecular weight excluding hydrogens is 272 g/mol. The Morgan fingerprint density at radius 1 is 1.48 bits per heavy atom. The Hall–Kier alpha value is -1.63. The molecule has 2 rings (SSSR count). The monoisotopic (exact) mass is 294 g/mol. The van der Waals surface area contributed by atoms with Gasteiger partial charge in [0, 0.05) is 38.8 Å². The smallest absolute Gasteiger partial charge is 0.258 e. The van der Waals surface area contributed by atoms with E-state index < -0.39 is 5.60 Å². The van der Waals surface area contributed by atoms with Gasteiger partial charge < -0.3 is 25.3 Å². The number of nitrogens with one attached hydrogen (secondary N) is 1. The second-order valence-electron chi connectivity index (χ2n) is 5.07. The van der Waals surface area contributed by atoms with Crippen molar-refractivity contribution >= 4 is 5.91 Å². The second kappa shape index (κ2) is 7.40. The van der Waals surface area contributed by atoms with E-state index in [0.29, 0.717) is 32.1 Å². The molecule has 0 spiro atoms. The molecule has 1 aromatic carbocycles. The summed E-state index contributed by atoms with van der Waals surface area (Å²) in [7, 11) is 1.63. The van der Waals surface area contributed by atoms with Crippen molar-refractivity contribution in [1.29, 1.82) is 0 Å². The topological polar surface area (TPSA) is 82.8 Å². The highest BCUT2D eigenvalue weighted by atomic mass is 16.5. The zero-order valence-corrected chi connectivity index (χ0v) is 12.3. The summed E-state index contributed by atoms with van der Waals surface area (Å²) in [6, 6.07) is 7.42. The number of methoxy groups -OCH3 is 1. The van der Waals surface area contributed by atoms with Crippen LogP contribution in [-0.4, -0.2) is 45.0 Å². The summed E-state index contributed by atoms with van der Waals surface area (Å²) in [5, 5.41) is 2.82. The molecule has 116 valence electrons. The maximum Gasteiger partial charge on any atom is 0.258 e. The second-order valence-corrected chi connectivity index (χ2v) is 5.07. The van der Waals surface area contributed by atoms with E-state index in [0.717, 1.165) is 12.0 Å². The fourth-order valence-electron chi connectivity index (χ4n) is 2.23. The first kappa shape index (κ1) is 15.8. The molecule has 1 amide bonds. The average molecular weight is 294 g/mol. The SMILES string of the molecule is COC1(CNC(=O)COc2ccccc2CN)CCOC1. The van der Waals surface area contributed by atoms with Gasteiger partial charge in [0.1, 0.15) is 11.4 Å². The number of hydrogen-bond acceptors (Lipinski definition) is 5.